The first-order chi connectivity index (χ1) is 8.39. The second-order valence-electron chi connectivity index (χ2n) is 5.34. The van der Waals surface area contributed by atoms with Crippen molar-refractivity contribution in [1.29, 1.82) is 0 Å². The van der Waals surface area contributed by atoms with E-state index in [-0.39, 0.29) is 12.0 Å². The van der Waals surface area contributed by atoms with E-state index in [9.17, 15) is 13.2 Å². The summed E-state index contributed by atoms with van der Waals surface area (Å²) >= 11 is 0. The molecule has 2 rings (SSSR count). The molecule has 102 valence electrons. The lowest BCUT2D eigenvalue weighted by Crippen LogP contribution is -2.18. The summed E-state index contributed by atoms with van der Waals surface area (Å²) in [5.41, 5.74) is -0.0500. The average Bonchev–Trinajstić information content (AvgIpc) is 2.74. The van der Waals surface area contributed by atoms with Crippen molar-refractivity contribution in [1.82, 2.24) is 9.78 Å². The molecule has 1 saturated carbocycles. The predicted octanol–water partition coefficient (Wildman–Crippen LogP) is 4.53. The molecule has 0 aromatic carbocycles. The molecule has 5 heteroatoms. The van der Waals surface area contributed by atoms with E-state index in [0.717, 1.165) is 25.7 Å². The molecule has 1 aromatic rings. The Morgan fingerprint density at radius 3 is 2.33 bits per heavy atom. The SMILES string of the molecule is CC(C)c1cc(C(F)(F)F)nn1C1CCCCC1. The van der Waals surface area contributed by atoms with Crippen molar-refractivity contribution < 1.29 is 13.2 Å². The quantitative estimate of drug-likeness (QED) is 0.763. The van der Waals surface area contributed by atoms with Crippen LogP contribution in [-0.4, -0.2) is 9.78 Å². The zero-order valence-corrected chi connectivity index (χ0v) is 10.8. The molecule has 0 unspecified atom stereocenters. The van der Waals surface area contributed by atoms with Gasteiger partial charge in [0.1, 0.15) is 0 Å². The van der Waals surface area contributed by atoms with Crippen LogP contribution in [-0.2, 0) is 6.18 Å². The van der Waals surface area contributed by atoms with Gasteiger partial charge in [0.25, 0.3) is 0 Å². The lowest BCUT2D eigenvalue weighted by atomic mass is 9.95. The zero-order valence-electron chi connectivity index (χ0n) is 10.8. The van der Waals surface area contributed by atoms with Gasteiger partial charge in [0.2, 0.25) is 0 Å². The van der Waals surface area contributed by atoms with Crippen molar-refractivity contribution in [3.8, 4) is 0 Å². The number of alkyl halides is 3. The minimum atomic E-state index is -4.34. The molecule has 1 aromatic heterocycles. The summed E-state index contributed by atoms with van der Waals surface area (Å²) < 4.78 is 39.8. The van der Waals surface area contributed by atoms with Gasteiger partial charge in [-0.3, -0.25) is 4.68 Å². The first kappa shape index (κ1) is 13.4. The number of hydrogen-bond donors (Lipinski definition) is 0. The van der Waals surface area contributed by atoms with E-state index in [1.165, 1.54) is 12.5 Å². The van der Waals surface area contributed by atoms with E-state index in [0.29, 0.717) is 5.69 Å². The van der Waals surface area contributed by atoms with Gasteiger partial charge in [0.05, 0.1) is 6.04 Å². The van der Waals surface area contributed by atoms with Crippen molar-refractivity contribution in [2.75, 3.05) is 0 Å². The molecular weight excluding hydrogens is 241 g/mol. The molecule has 0 bridgehead atoms. The highest BCUT2D eigenvalue weighted by molar-refractivity contribution is 5.17. The molecule has 18 heavy (non-hydrogen) atoms. The van der Waals surface area contributed by atoms with E-state index >= 15 is 0 Å². The lowest BCUT2D eigenvalue weighted by molar-refractivity contribution is -0.141. The lowest BCUT2D eigenvalue weighted by Gasteiger charge is -2.24. The molecular formula is C13H19F3N2. The van der Waals surface area contributed by atoms with Gasteiger partial charge in [0, 0.05) is 5.69 Å². The summed E-state index contributed by atoms with van der Waals surface area (Å²) in [6.45, 7) is 3.83. The molecule has 0 saturated heterocycles. The van der Waals surface area contributed by atoms with Gasteiger partial charge >= 0.3 is 6.18 Å². The highest BCUT2D eigenvalue weighted by Crippen LogP contribution is 2.35. The molecule has 2 nitrogen and oxygen atoms in total. The van der Waals surface area contributed by atoms with Crippen LogP contribution in [0.15, 0.2) is 6.07 Å². The third-order valence-electron chi connectivity index (χ3n) is 3.57. The summed E-state index contributed by atoms with van der Waals surface area (Å²) in [4.78, 5) is 0. The Kier molecular flexibility index (Phi) is 3.69. The van der Waals surface area contributed by atoms with Gasteiger partial charge in [-0.1, -0.05) is 33.1 Å². The maximum atomic E-state index is 12.7. The smallest absolute Gasteiger partial charge is 0.266 e. The van der Waals surface area contributed by atoms with Crippen LogP contribution < -0.4 is 0 Å². The highest BCUT2D eigenvalue weighted by atomic mass is 19.4. The van der Waals surface area contributed by atoms with E-state index < -0.39 is 11.9 Å². The third-order valence-corrected chi connectivity index (χ3v) is 3.57. The normalized spacial score (nSPS) is 18.6. The van der Waals surface area contributed by atoms with Crippen molar-refractivity contribution in [2.24, 2.45) is 0 Å². The van der Waals surface area contributed by atoms with Crippen LogP contribution in [0.25, 0.3) is 0 Å². The number of nitrogens with zero attached hydrogens (tertiary/aromatic N) is 2. The second kappa shape index (κ2) is 4.94. The van der Waals surface area contributed by atoms with Crippen molar-refractivity contribution in [3.63, 3.8) is 0 Å². The number of rotatable bonds is 2. The average molecular weight is 260 g/mol. The van der Waals surface area contributed by atoms with Crippen molar-refractivity contribution in [2.45, 2.75) is 64.1 Å². The Morgan fingerprint density at radius 1 is 1.22 bits per heavy atom. The summed E-state index contributed by atoms with van der Waals surface area (Å²) in [7, 11) is 0. The molecule has 0 amide bonds. The summed E-state index contributed by atoms with van der Waals surface area (Å²) in [6.07, 6.45) is 0.898. The first-order valence-electron chi connectivity index (χ1n) is 6.56. The summed E-state index contributed by atoms with van der Waals surface area (Å²) in [6, 6.07) is 1.35. The van der Waals surface area contributed by atoms with Crippen LogP contribution >= 0.6 is 0 Å². The van der Waals surface area contributed by atoms with Crippen molar-refractivity contribution in [3.05, 3.63) is 17.5 Å². The first-order valence-corrected chi connectivity index (χ1v) is 6.56. The molecule has 1 fully saturated rings. The molecule has 0 spiro atoms. The van der Waals surface area contributed by atoms with Crippen LogP contribution in [0.4, 0.5) is 13.2 Å². The second-order valence-corrected chi connectivity index (χ2v) is 5.34. The number of hydrogen-bond acceptors (Lipinski definition) is 1. The van der Waals surface area contributed by atoms with Gasteiger partial charge in [0.15, 0.2) is 5.69 Å². The van der Waals surface area contributed by atoms with Crippen LogP contribution in [0.3, 0.4) is 0 Å². The molecule has 1 aliphatic rings. The Balaban J connectivity index is 2.34. The summed E-state index contributed by atoms with van der Waals surface area (Å²) in [5.74, 6) is 0.0653. The minimum Gasteiger partial charge on any atom is -0.266 e. The molecule has 0 atom stereocenters. The minimum absolute atomic E-state index is 0.0653. The van der Waals surface area contributed by atoms with Gasteiger partial charge in [-0.25, -0.2) is 0 Å². The maximum Gasteiger partial charge on any atom is 0.435 e. The van der Waals surface area contributed by atoms with Crippen LogP contribution in [0, 0.1) is 0 Å². The van der Waals surface area contributed by atoms with E-state index in [2.05, 4.69) is 5.10 Å². The van der Waals surface area contributed by atoms with E-state index in [1.807, 2.05) is 13.8 Å². The van der Waals surface area contributed by atoms with Gasteiger partial charge in [-0.2, -0.15) is 18.3 Å². The number of halogens is 3. The maximum absolute atomic E-state index is 12.7. The molecule has 1 heterocycles. The molecule has 1 aliphatic carbocycles. The van der Waals surface area contributed by atoms with Gasteiger partial charge in [-0.05, 0) is 24.8 Å². The zero-order chi connectivity index (χ0) is 13.3. The fourth-order valence-electron chi connectivity index (χ4n) is 2.60. The van der Waals surface area contributed by atoms with Crippen LogP contribution in [0.1, 0.15) is 69.3 Å². The van der Waals surface area contributed by atoms with Crippen LogP contribution in [0.2, 0.25) is 0 Å². The highest BCUT2D eigenvalue weighted by Gasteiger charge is 2.36. The fraction of sp³-hybridized carbons (Fsp3) is 0.769. The Hall–Kier alpha value is -1.00. The van der Waals surface area contributed by atoms with Gasteiger partial charge in [-0.15, -0.1) is 0 Å². The molecule has 0 N–H and O–H groups in total. The van der Waals surface area contributed by atoms with Gasteiger partial charge < -0.3 is 0 Å². The predicted molar refractivity (Wildman–Crippen MR) is 63.4 cm³/mol. The topological polar surface area (TPSA) is 17.8 Å². The van der Waals surface area contributed by atoms with Crippen LogP contribution in [0.5, 0.6) is 0 Å². The Labute approximate surface area is 105 Å². The Morgan fingerprint density at radius 2 is 1.83 bits per heavy atom. The molecule has 0 aliphatic heterocycles. The van der Waals surface area contributed by atoms with Crippen molar-refractivity contribution >= 4 is 0 Å². The fourth-order valence-corrected chi connectivity index (χ4v) is 2.60. The molecule has 0 radical (unpaired) electrons. The van der Waals surface area contributed by atoms with E-state index in [1.54, 1.807) is 4.68 Å². The van der Waals surface area contributed by atoms with E-state index in [4.69, 9.17) is 0 Å². The standard InChI is InChI=1S/C13H19F3N2/c1-9(2)11-8-12(13(14,15)16)17-18(11)10-6-4-3-5-7-10/h8-10H,3-7H2,1-2H3. The monoisotopic (exact) mass is 260 g/mol. The number of aromatic nitrogens is 2. The summed E-state index contributed by atoms with van der Waals surface area (Å²) in [5, 5.41) is 3.82. The Bertz CT molecular complexity index is 401. The largest absolute Gasteiger partial charge is 0.435 e. The third kappa shape index (κ3) is 2.70.